The van der Waals surface area contributed by atoms with Crippen molar-refractivity contribution in [3.8, 4) is 0 Å². The summed E-state index contributed by atoms with van der Waals surface area (Å²) in [5.74, 6) is -0.520. The molecule has 0 aliphatic carbocycles. The first-order valence-electron chi connectivity index (χ1n) is 9.89. The number of oxime groups is 1. The minimum atomic E-state index is -0.712. The smallest absolute Gasteiger partial charge is 0.321 e. The fourth-order valence-corrected chi connectivity index (χ4v) is 3.61. The number of amides is 3. The zero-order valence-electron chi connectivity index (χ0n) is 16.7. The molecule has 1 saturated heterocycles. The van der Waals surface area contributed by atoms with E-state index in [9.17, 15) is 14.0 Å². The van der Waals surface area contributed by atoms with Crippen molar-refractivity contribution < 1.29 is 18.8 Å². The highest BCUT2D eigenvalue weighted by molar-refractivity contribution is 6.04. The molecular weight excluding hydrogens is 387 g/mol. The van der Waals surface area contributed by atoms with Crippen molar-refractivity contribution in [2.75, 3.05) is 31.5 Å². The fourth-order valence-electron chi connectivity index (χ4n) is 3.61. The average Bonchev–Trinajstić information content (AvgIpc) is 3.24. The predicted molar refractivity (Wildman–Crippen MR) is 111 cm³/mol. The van der Waals surface area contributed by atoms with Crippen LogP contribution in [0.25, 0.3) is 0 Å². The van der Waals surface area contributed by atoms with Crippen molar-refractivity contribution in [2.45, 2.75) is 19.4 Å². The van der Waals surface area contributed by atoms with E-state index in [1.807, 2.05) is 31.2 Å². The van der Waals surface area contributed by atoms with Crippen LogP contribution in [0, 0.1) is 12.7 Å². The maximum absolute atomic E-state index is 13.4. The monoisotopic (exact) mass is 410 g/mol. The Kier molecular flexibility index (Phi) is 5.65. The summed E-state index contributed by atoms with van der Waals surface area (Å²) in [6, 6.07) is 13.5. The quantitative estimate of drug-likeness (QED) is 0.845. The van der Waals surface area contributed by atoms with Crippen LogP contribution in [0.3, 0.4) is 0 Å². The number of benzene rings is 2. The molecule has 156 valence electrons. The number of aryl methyl sites for hydroxylation is 1. The molecule has 2 aliphatic heterocycles. The van der Waals surface area contributed by atoms with Crippen LogP contribution in [0.2, 0.25) is 0 Å². The Morgan fingerprint density at radius 1 is 1.07 bits per heavy atom. The van der Waals surface area contributed by atoms with Gasteiger partial charge in [0.15, 0.2) is 0 Å². The van der Waals surface area contributed by atoms with Gasteiger partial charge in [-0.2, -0.15) is 0 Å². The van der Waals surface area contributed by atoms with E-state index in [4.69, 9.17) is 4.84 Å². The molecule has 1 unspecified atom stereocenters. The van der Waals surface area contributed by atoms with Crippen LogP contribution in [0.15, 0.2) is 53.7 Å². The number of rotatable bonds is 3. The topological polar surface area (TPSA) is 74.2 Å². The molecular formula is C22H23FN4O3. The third-order valence-corrected chi connectivity index (χ3v) is 5.25. The van der Waals surface area contributed by atoms with Gasteiger partial charge in [-0.15, -0.1) is 0 Å². The standard InChI is InChI=1S/C22H23FN4O3/c1-15-4-2-7-18(12-15)24-22(29)27-10-8-26(9-11-27)21(28)20-14-19(25-30-20)16-5-3-6-17(23)13-16/h2-7,12-13,20H,8-11,14H2,1H3,(H,24,29). The zero-order chi connectivity index (χ0) is 21.1. The molecule has 1 fully saturated rings. The number of carbonyl (C=O) groups excluding carboxylic acids is 2. The van der Waals surface area contributed by atoms with Gasteiger partial charge in [0, 0.05) is 43.9 Å². The lowest BCUT2D eigenvalue weighted by atomic mass is 10.0. The van der Waals surface area contributed by atoms with Crippen LogP contribution < -0.4 is 5.32 Å². The molecule has 1 atom stereocenters. The maximum Gasteiger partial charge on any atom is 0.321 e. The molecule has 0 spiro atoms. The van der Waals surface area contributed by atoms with Crippen LogP contribution in [0.1, 0.15) is 17.5 Å². The summed E-state index contributed by atoms with van der Waals surface area (Å²) in [5, 5.41) is 6.86. The van der Waals surface area contributed by atoms with Gasteiger partial charge in [0.2, 0.25) is 6.10 Å². The molecule has 8 heteroatoms. The van der Waals surface area contributed by atoms with Gasteiger partial charge in [0.1, 0.15) is 5.82 Å². The van der Waals surface area contributed by atoms with E-state index in [1.165, 1.54) is 12.1 Å². The number of urea groups is 1. The summed E-state index contributed by atoms with van der Waals surface area (Å²) in [6.07, 6.45) is -0.410. The van der Waals surface area contributed by atoms with E-state index in [-0.39, 0.29) is 17.8 Å². The second-order valence-corrected chi connectivity index (χ2v) is 7.46. The molecule has 0 bridgehead atoms. The Labute approximate surface area is 174 Å². The Morgan fingerprint density at radius 2 is 1.80 bits per heavy atom. The first-order chi connectivity index (χ1) is 14.5. The summed E-state index contributed by atoms with van der Waals surface area (Å²) in [7, 11) is 0. The van der Waals surface area contributed by atoms with E-state index in [2.05, 4.69) is 10.5 Å². The lowest BCUT2D eigenvalue weighted by Crippen LogP contribution is -2.53. The second kappa shape index (κ2) is 8.52. The second-order valence-electron chi connectivity index (χ2n) is 7.46. The first kappa shape index (κ1) is 19.9. The molecule has 4 rings (SSSR count). The normalized spacial score (nSPS) is 18.6. The van der Waals surface area contributed by atoms with Gasteiger partial charge in [-0.3, -0.25) is 4.79 Å². The number of hydrogen-bond acceptors (Lipinski definition) is 4. The molecule has 2 aliphatic rings. The molecule has 3 amide bonds. The Bertz CT molecular complexity index is 986. The average molecular weight is 410 g/mol. The highest BCUT2D eigenvalue weighted by atomic mass is 19.1. The molecule has 0 aromatic heterocycles. The van der Waals surface area contributed by atoms with Crippen LogP contribution in [-0.2, 0) is 9.63 Å². The number of anilines is 1. The van der Waals surface area contributed by atoms with Gasteiger partial charge < -0.3 is 20.0 Å². The lowest BCUT2D eigenvalue weighted by Gasteiger charge is -2.35. The van der Waals surface area contributed by atoms with Crippen molar-refractivity contribution in [1.29, 1.82) is 0 Å². The van der Waals surface area contributed by atoms with Gasteiger partial charge in [0.25, 0.3) is 5.91 Å². The number of nitrogens with zero attached hydrogens (tertiary/aromatic N) is 3. The van der Waals surface area contributed by atoms with Crippen LogP contribution in [0.5, 0.6) is 0 Å². The molecule has 2 aromatic rings. The largest absolute Gasteiger partial charge is 0.382 e. The summed E-state index contributed by atoms with van der Waals surface area (Å²) in [5.41, 5.74) is 2.99. The Balaban J connectivity index is 1.28. The van der Waals surface area contributed by atoms with Crippen molar-refractivity contribution >= 4 is 23.3 Å². The summed E-state index contributed by atoms with van der Waals surface area (Å²) >= 11 is 0. The molecule has 2 heterocycles. The molecule has 0 saturated carbocycles. The lowest BCUT2D eigenvalue weighted by molar-refractivity contribution is -0.143. The number of halogens is 1. The van der Waals surface area contributed by atoms with Gasteiger partial charge in [-0.1, -0.05) is 29.4 Å². The van der Waals surface area contributed by atoms with E-state index < -0.39 is 6.10 Å². The van der Waals surface area contributed by atoms with Crippen molar-refractivity contribution in [3.63, 3.8) is 0 Å². The Morgan fingerprint density at radius 3 is 2.53 bits per heavy atom. The molecule has 7 nitrogen and oxygen atoms in total. The third kappa shape index (κ3) is 4.42. The summed E-state index contributed by atoms with van der Waals surface area (Å²) in [6.45, 7) is 3.69. The van der Waals surface area contributed by atoms with Crippen LogP contribution >= 0.6 is 0 Å². The molecule has 30 heavy (non-hydrogen) atoms. The molecule has 2 aromatic carbocycles. The van der Waals surface area contributed by atoms with Gasteiger partial charge in [-0.05, 0) is 36.8 Å². The highest BCUT2D eigenvalue weighted by Gasteiger charge is 2.34. The van der Waals surface area contributed by atoms with E-state index in [1.54, 1.807) is 21.9 Å². The van der Waals surface area contributed by atoms with E-state index in [0.717, 1.165) is 11.3 Å². The number of hydrogen-bond donors (Lipinski definition) is 1. The minimum Gasteiger partial charge on any atom is -0.382 e. The number of carbonyl (C=O) groups is 2. The van der Waals surface area contributed by atoms with E-state index >= 15 is 0 Å². The fraction of sp³-hybridized carbons (Fsp3) is 0.318. The Hall–Kier alpha value is -3.42. The molecule has 1 N–H and O–H groups in total. The maximum atomic E-state index is 13.4. The minimum absolute atomic E-state index is 0.163. The third-order valence-electron chi connectivity index (χ3n) is 5.25. The molecule has 0 radical (unpaired) electrons. The summed E-state index contributed by atoms with van der Waals surface area (Å²) in [4.78, 5) is 34.0. The highest BCUT2D eigenvalue weighted by Crippen LogP contribution is 2.20. The van der Waals surface area contributed by atoms with Crippen LogP contribution in [-0.4, -0.2) is 59.7 Å². The summed E-state index contributed by atoms with van der Waals surface area (Å²) < 4.78 is 13.4. The van der Waals surface area contributed by atoms with E-state index in [0.29, 0.717) is 43.9 Å². The SMILES string of the molecule is Cc1cccc(NC(=O)N2CCN(C(=O)C3CC(c4cccc(F)c4)=NO3)CC2)c1. The van der Waals surface area contributed by atoms with Gasteiger partial charge >= 0.3 is 6.03 Å². The zero-order valence-corrected chi connectivity index (χ0v) is 16.7. The van der Waals surface area contributed by atoms with Crippen molar-refractivity contribution in [3.05, 3.63) is 65.5 Å². The van der Waals surface area contributed by atoms with Crippen molar-refractivity contribution in [2.24, 2.45) is 5.16 Å². The number of piperazine rings is 1. The predicted octanol–water partition coefficient (Wildman–Crippen LogP) is 3.00. The number of nitrogens with one attached hydrogen (secondary N) is 1. The first-order valence-corrected chi connectivity index (χ1v) is 9.89. The van der Waals surface area contributed by atoms with Gasteiger partial charge in [-0.25, -0.2) is 9.18 Å². The van der Waals surface area contributed by atoms with Gasteiger partial charge in [0.05, 0.1) is 5.71 Å². The van der Waals surface area contributed by atoms with Crippen molar-refractivity contribution in [1.82, 2.24) is 9.80 Å². The van der Waals surface area contributed by atoms with Crippen LogP contribution in [0.4, 0.5) is 14.9 Å².